The molecule has 0 aliphatic carbocycles. The molecule has 0 heterocycles. The number of hydrogen-bond donors (Lipinski definition) is 3. The number of guanidine groups is 1. The standard InChI is InChI=1S/C22H27F3N4O2.HI/c1-4-27-20(30)14-31-19-10-5-7-16(11-19)13-28-21(26-3)29-15(2)17-8-6-9-18(12-17)22(23,24)25;/h5-12,15H,4,13-14H2,1-3H3,(H,27,30)(H2,26,28,29);1H. The summed E-state index contributed by atoms with van der Waals surface area (Å²) < 4.78 is 44.3. The number of benzene rings is 2. The Hall–Kier alpha value is -2.50. The van der Waals surface area contributed by atoms with Crippen LogP contribution < -0.4 is 20.7 Å². The molecule has 1 unspecified atom stereocenters. The largest absolute Gasteiger partial charge is 0.484 e. The van der Waals surface area contributed by atoms with Crippen molar-refractivity contribution >= 4 is 35.8 Å². The van der Waals surface area contributed by atoms with Crippen molar-refractivity contribution in [3.05, 3.63) is 65.2 Å². The number of halogens is 4. The molecule has 176 valence electrons. The van der Waals surface area contributed by atoms with Gasteiger partial charge in [0.05, 0.1) is 11.6 Å². The number of alkyl halides is 3. The number of amides is 1. The van der Waals surface area contributed by atoms with Crippen LogP contribution in [0.3, 0.4) is 0 Å². The van der Waals surface area contributed by atoms with Crippen molar-refractivity contribution in [2.45, 2.75) is 32.6 Å². The number of nitrogens with one attached hydrogen (secondary N) is 3. The molecule has 2 aromatic rings. The molecule has 1 atom stereocenters. The summed E-state index contributed by atoms with van der Waals surface area (Å²) in [5.74, 6) is 0.809. The monoisotopic (exact) mass is 564 g/mol. The summed E-state index contributed by atoms with van der Waals surface area (Å²) in [6.07, 6.45) is -4.39. The van der Waals surface area contributed by atoms with Crippen molar-refractivity contribution in [3.8, 4) is 5.75 Å². The number of aliphatic imine (C=N–C) groups is 1. The van der Waals surface area contributed by atoms with Crippen LogP contribution in [0, 0.1) is 0 Å². The maximum Gasteiger partial charge on any atom is 0.416 e. The highest BCUT2D eigenvalue weighted by atomic mass is 127. The molecule has 0 saturated heterocycles. The minimum absolute atomic E-state index is 0. The predicted molar refractivity (Wildman–Crippen MR) is 129 cm³/mol. The van der Waals surface area contributed by atoms with Gasteiger partial charge in [-0.15, -0.1) is 24.0 Å². The quantitative estimate of drug-likeness (QED) is 0.255. The fraction of sp³-hybridized carbons (Fsp3) is 0.364. The van der Waals surface area contributed by atoms with Crippen molar-refractivity contribution in [3.63, 3.8) is 0 Å². The molecule has 3 N–H and O–H groups in total. The lowest BCUT2D eigenvalue weighted by Gasteiger charge is -2.19. The second kappa shape index (κ2) is 13.1. The first kappa shape index (κ1) is 27.5. The molecule has 0 bridgehead atoms. The molecular formula is C22H28F3IN4O2. The average Bonchev–Trinajstić information content (AvgIpc) is 2.75. The topological polar surface area (TPSA) is 74.8 Å². The zero-order valence-corrected chi connectivity index (χ0v) is 20.5. The van der Waals surface area contributed by atoms with Crippen LogP contribution in [0.5, 0.6) is 5.75 Å². The van der Waals surface area contributed by atoms with Gasteiger partial charge in [-0.1, -0.05) is 24.3 Å². The van der Waals surface area contributed by atoms with Gasteiger partial charge in [-0.2, -0.15) is 13.2 Å². The van der Waals surface area contributed by atoms with Gasteiger partial charge in [-0.3, -0.25) is 9.79 Å². The first-order chi connectivity index (χ1) is 14.7. The van der Waals surface area contributed by atoms with Crippen LogP contribution in [0.1, 0.15) is 36.6 Å². The fourth-order valence-corrected chi connectivity index (χ4v) is 2.80. The van der Waals surface area contributed by atoms with E-state index in [9.17, 15) is 18.0 Å². The van der Waals surface area contributed by atoms with E-state index in [1.54, 1.807) is 32.2 Å². The number of carbonyl (C=O) groups is 1. The molecule has 10 heteroatoms. The van der Waals surface area contributed by atoms with E-state index in [2.05, 4.69) is 20.9 Å². The number of carbonyl (C=O) groups excluding carboxylic acids is 1. The van der Waals surface area contributed by atoms with Crippen LogP contribution in [0.4, 0.5) is 13.2 Å². The minimum Gasteiger partial charge on any atom is -0.484 e. The normalized spacial score (nSPS) is 12.4. The van der Waals surface area contributed by atoms with E-state index in [1.165, 1.54) is 6.07 Å². The van der Waals surface area contributed by atoms with Crippen molar-refractivity contribution < 1.29 is 22.7 Å². The number of rotatable bonds is 8. The third-order valence-corrected chi connectivity index (χ3v) is 4.39. The summed E-state index contributed by atoms with van der Waals surface area (Å²) >= 11 is 0. The predicted octanol–water partition coefficient (Wildman–Crippen LogP) is 4.26. The molecule has 0 radical (unpaired) electrons. The lowest BCUT2D eigenvalue weighted by molar-refractivity contribution is -0.137. The van der Waals surface area contributed by atoms with Gasteiger partial charge in [0.15, 0.2) is 12.6 Å². The summed E-state index contributed by atoms with van der Waals surface area (Å²) in [6, 6.07) is 12.1. The lowest BCUT2D eigenvalue weighted by Crippen LogP contribution is -2.38. The molecule has 0 fully saturated rings. The smallest absolute Gasteiger partial charge is 0.416 e. The van der Waals surface area contributed by atoms with Crippen molar-refractivity contribution in [1.29, 1.82) is 0 Å². The number of likely N-dealkylation sites (N-methyl/N-ethyl adjacent to an activating group) is 1. The maximum atomic E-state index is 12.9. The summed E-state index contributed by atoms with van der Waals surface area (Å²) in [6.45, 7) is 4.48. The molecule has 1 amide bonds. The van der Waals surface area contributed by atoms with Gasteiger partial charge in [-0.05, 0) is 49.2 Å². The van der Waals surface area contributed by atoms with Crippen LogP contribution >= 0.6 is 24.0 Å². The molecule has 2 aromatic carbocycles. The van der Waals surface area contributed by atoms with Crippen molar-refractivity contribution in [1.82, 2.24) is 16.0 Å². The summed E-state index contributed by atoms with van der Waals surface area (Å²) in [5.41, 5.74) is 0.702. The Bertz CT molecular complexity index is 907. The third kappa shape index (κ3) is 8.93. The Labute approximate surface area is 203 Å². The van der Waals surface area contributed by atoms with Crippen LogP contribution in [-0.2, 0) is 17.5 Å². The van der Waals surface area contributed by atoms with Crippen LogP contribution in [-0.4, -0.2) is 32.1 Å². The molecule has 32 heavy (non-hydrogen) atoms. The minimum atomic E-state index is -4.39. The van der Waals surface area contributed by atoms with E-state index in [-0.39, 0.29) is 42.5 Å². The number of nitrogens with zero attached hydrogens (tertiary/aromatic N) is 1. The SMILES string of the molecule is CCNC(=O)COc1cccc(CNC(=NC)NC(C)c2cccc(C(F)(F)F)c2)c1.I. The lowest BCUT2D eigenvalue weighted by atomic mass is 10.1. The zero-order chi connectivity index (χ0) is 22.9. The van der Waals surface area contributed by atoms with Gasteiger partial charge in [0.25, 0.3) is 5.91 Å². The Balaban J connectivity index is 0.00000512. The molecule has 0 saturated carbocycles. The molecular weight excluding hydrogens is 536 g/mol. The Morgan fingerprint density at radius 1 is 1.12 bits per heavy atom. The highest BCUT2D eigenvalue weighted by Gasteiger charge is 2.30. The second-order valence-electron chi connectivity index (χ2n) is 6.80. The number of ether oxygens (including phenoxy) is 1. The van der Waals surface area contributed by atoms with Crippen LogP contribution in [0.25, 0.3) is 0 Å². The van der Waals surface area contributed by atoms with Gasteiger partial charge in [-0.25, -0.2) is 0 Å². The van der Waals surface area contributed by atoms with Crippen molar-refractivity contribution in [2.24, 2.45) is 4.99 Å². The Morgan fingerprint density at radius 3 is 2.50 bits per heavy atom. The highest BCUT2D eigenvalue weighted by Crippen LogP contribution is 2.30. The Morgan fingerprint density at radius 2 is 1.84 bits per heavy atom. The van der Waals surface area contributed by atoms with Gasteiger partial charge in [0, 0.05) is 20.1 Å². The maximum absolute atomic E-state index is 12.9. The summed E-state index contributed by atoms with van der Waals surface area (Å²) in [5, 5.41) is 8.87. The molecule has 6 nitrogen and oxygen atoms in total. The first-order valence-corrected chi connectivity index (χ1v) is 9.85. The van der Waals surface area contributed by atoms with E-state index in [4.69, 9.17) is 4.74 Å². The third-order valence-electron chi connectivity index (χ3n) is 4.39. The zero-order valence-electron chi connectivity index (χ0n) is 18.1. The molecule has 2 rings (SSSR count). The van der Waals surface area contributed by atoms with Gasteiger partial charge < -0.3 is 20.7 Å². The van der Waals surface area contributed by atoms with E-state index in [0.29, 0.717) is 30.4 Å². The number of hydrogen-bond acceptors (Lipinski definition) is 3. The van der Waals surface area contributed by atoms with Crippen LogP contribution in [0.2, 0.25) is 0 Å². The van der Waals surface area contributed by atoms with Crippen LogP contribution in [0.15, 0.2) is 53.5 Å². The van der Waals surface area contributed by atoms with Crippen molar-refractivity contribution in [2.75, 3.05) is 20.2 Å². The van der Waals surface area contributed by atoms with E-state index < -0.39 is 11.7 Å². The fourth-order valence-electron chi connectivity index (χ4n) is 2.80. The van der Waals surface area contributed by atoms with E-state index in [1.807, 2.05) is 19.1 Å². The molecule has 0 aliphatic rings. The first-order valence-electron chi connectivity index (χ1n) is 9.85. The van der Waals surface area contributed by atoms with E-state index >= 15 is 0 Å². The molecule has 0 spiro atoms. The van der Waals surface area contributed by atoms with Gasteiger partial charge >= 0.3 is 6.18 Å². The summed E-state index contributed by atoms with van der Waals surface area (Å²) in [4.78, 5) is 15.6. The van der Waals surface area contributed by atoms with E-state index in [0.717, 1.165) is 17.7 Å². The van der Waals surface area contributed by atoms with Gasteiger partial charge in [0.1, 0.15) is 5.75 Å². The highest BCUT2D eigenvalue weighted by molar-refractivity contribution is 14.0. The average molecular weight is 564 g/mol. The Kier molecular flexibility index (Phi) is 11.3. The summed E-state index contributed by atoms with van der Waals surface area (Å²) in [7, 11) is 1.58. The van der Waals surface area contributed by atoms with Gasteiger partial charge in [0.2, 0.25) is 0 Å². The molecule has 0 aromatic heterocycles. The second-order valence-corrected chi connectivity index (χ2v) is 6.80. The molecule has 0 aliphatic heterocycles.